The Labute approximate surface area is 56.8 Å². The van der Waals surface area contributed by atoms with E-state index in [1.807, 2.05) is 0 Å². The molecule has 0 saturated carbocycles. The Hall–Kier alpha value is -0.0400. The summed E-state index contributed by atoms with van der Waals surface area (Å²) in [7, 11) is 0. The summed E-state index contributed by atoms with van der Waals surface area (Å²) in [6.07, 6.45) is 9.00. The standard InChI is InChI=1S/C8H15N/c1-2-4-8-6-5-7(3-1)9-8/h7-9H,1-6H2/p+1. The molecule has 0 aromatic heterocycles. The molecule has 1 nitrogen and oxygen atoms in total. The maximum atomic E-state index is 2.62. The van der Waals surface area contributed by atoms with Gasteiger partial charge >= 0.3 is 0 Å². The average molecular weight is 126 g/mol. The highest BCUT2D eigenvalue weighted by Crippen LogP contribution is 2.19. The SMILES string of the molecule is C1CCC2CCC(C1)[NH2+]2. The lowest BCUT2D eigenvalue weighted by Crippen LogP contribution is -2.90. The molecule has 0 aliphatic carbocycles. The topological polar surface area (TPSA) is 16.6 Å². The summed E-state index contributed by atoms with van der Waals surface area (Å²) in [6, 6.07) is 2.05. The van der Waals surface area contributed by atoms with Crippen molar-refractivity contribution in [1.29, 1.82) is 0 Å². The first kappa shape index (κ1) is 5.72. The molecule has 0 spiro atoms. The molecule has 2 heterocycles. The largest absolute Gasteiger partial charge is 0.341 e. The second-order valence-corrected chi connectivity index (χ2v) is 3.57. The van der Waals surface area contributed by atoms with Crippen LogP contribution in [0.4, 0.5) is 0 Å². The Balaban J connectivity index is 1.99. The van der Waals surface area contributed by atoms with Crippen LogP contribution >= 0.6 is 0 Å². The number of nitrogens with two attached hydrogens (primary N) is 1. The fourth-order valence-electron chi connectivity index (χ4n) is 2.30. The van der Waals surface area contributed by atoms with Crippen molar-refractivity contribution >= 4 is 0 Å². The van der Waals surface area contributed by atoms with E-state index in [0.29, 0.717) is 0 Å². The molecule has 0 aromatic carbocycles. The fourth-order valence-corrected chi connectivity index (χ4v) is 2.30. The van der Waals surface area contributed by atoms with E-state index in [1.165, 1.54) is 38.5 Å². The lowest BCUT2D eigenvalue weighted by Gasteiger charge is -2.02. The second kappa shape index (κ2) is 2.30. The van der Waals surface area contributed by atoms with Crippen LogP contribution in [0.15, 0.2) is 0 Å². The lowest BCUT2D eigenvalue weighted by molar-refractivity contribution is -0.700. The van der Waals surface area contributed by atoms with E-state index >= 15 is 0 Å². The highest BCUT2D eigenvalue weighted by atomic mass is 15.0. The molecule has 0 amide bonds. The van der Waals surface area contributed by atoms with Gasteiger partial charge in [0.1, 0.15) is 0 Å². The first-order chi connectivity index (χ1) is 4.45. The van der Waals surface area contributed by atoms with Crippen molar-refractivity contribution in [1.82, 2.24) is 0 Å². The van der Waals surface area contributed by atoms with Gasteiger partial charge in [-0.2, -0.15) is 0 Å². The minimum absolute atomic E-state index is 1.03. The Morgan fingerprint density at radius 1 is 0.778 bits per heavy atom. The molecule has 2 unspecified atom stereocenters. The molecule has 2 saturated heterocycles. The van der Waals surface area contributed by atoms with Gasteiger partial charge in [-0.3, -0.25) is 0 Å². The summed E-state index contributed by atoms with van der Waals surface area (Å²) in [5.74, 6) is 0. The summed E-state index contributed by atoms with van der Waals surface area (Å²) in [6.45, 7) is 0. The van der Waals surface area contributed by atoms with Gasteiger partial charge in [-0.1, -0.05) is 0 Å². The van der Waals surface area contributed by atoms with Crippen LogP contribution in [-0.2, 0) is 0 Å². The van der Waals surface area contributed by atoms with E-state index in [9.17, 15) is 0 Å². The maximum Gasteiger partial charge on any atom is 0.0863 e. The van der Waals surface area contributed by atoms with Crippen molar-refractivity contribution in [2.45, 2.75) is 50.6 Å². The number of quaternary nitrogens is 1. The summed E-state index contributed by atoms with van der Waals surface area (Å²) in [5, 5.41) is 2.62. The van der Waals surface area contributed by atoms with Crippen molar-refractivity contribution in [2.75, 3.05) is 0 Å². The van der Waals surface area contributed by atoms with Crippen LogP contribution in [0.25, 0.3) is 0 Å². The van der Waals surface area contributed by atoms with Crippen LogP contribution in [0.2, 0.25) is 0 Å². The Morgan fingerprint density at radius 3 is 1.89 bits per heavy atom. The maximum absolute atomic E-state index is 2.62. The molecule has 1 heteroatoms. The van der Waals surface area contributed by atoms with E-state index < -0.39 is 0 Å². The molecule has 2 fully saturated rings. The molecule has 52 valence electrons. The molecular weight excluding hydrogens is 110 g/mol. The van der Waals surface area contributed by atoms with Crippen molar-refractivity contribution in [3.8, 4) is 0 Å². The zero-order chi connectivity index (χ0) is 6.10. The third-order valence-corrected chi connectivity index (χ3v) is 2.85. The molecule has 0 radical (unpaired) electrons. The van der Waals surface area contributed by atoms with Gasteiger partial charge in [-0.05, 0) is 25.7 Å². The molecule has 2 aliphatic rings. The van der Waals surface area contributed by atoms with Crippen molar-refractivity contribution in [3.05, 3.63) is 0 Å². The van der Waals surface area contributed by atoms with Crippen LogP contribution in [0, 0.1) is 0 Å². The van der Waals surface area contributed by atoms with Crippen LogP contribution in [0.1, 0.15) is 38.5 Å². The van der Waals surface area contributed by atoms with Gasteiger partial charge in [0.15, 0.2) is 0 Å². The molecule has 2 aliphatic heterocycles. The van der Waals surface area contributed by atoms with Gasteiger partial charge in [0.05, 0.1) is 12.1 Å². The van der Waals surface area contributed by atoms with Gasteiger partial charge in [0.2, 0.25) is 0 Å². The van der Waals surface area contributed by atoms with Crippen molar-refractivity contribution in [3.63, 3.8) is 0 Å². The minimum atomic E-state index is 1.03. The highest BCUT2D eigenvalue weighted by Gasteiger charge is 2.29. The molecule has 0 aromatic rings. The smallest absolute Gasteiger partial charge is 0.0863 e. The lowest BCUT2D eigenvalue weighted by atomic mass is 10.0. The Bertz CT molecular complexity index is 88.7. The average Bonchev–Trinajstić information content (AvgIpc) is 2.09. The van der Waals surface area contributed by atoms with Crippen LogP contribution in [-0.4, -0.2) is 12.1 Å². The van der Waals surface area contributed by atoms with E-state index in [4.69, 9.17) is 0 Å². The highest BCUT2D eigenvalue weighted by molar-refractivity contribution is 4.72. The molecule has 2 rings (SSSR count). The van der Waals surface area contributed by atoms with E-state index in [1.54, 1.807) is 0 Å². The van der Waals surface area contributed by atoms with Gasteiger partial charge in [0.25, 0.3) is 0 Å². The number of fused-ring (bicyclic) bond motifs is 2. The first-order valence-corrected chi connectivity index (χ1v) is 4.30. The summed E-state index contributed by atoms with van der Waals surface area (Å²) >= 11 is 0. The van der Waals surface area contributed by atoms with E-state index in [0.717, 1.165) is 12.1 Å². The quantitative estimate of drug-likeness (QED) is 0.491. The molecule has 2 N–H and O–H groups in total. The van der Waals surface area contributed by atoms with E-state index in [2.05, 4.69) is 5.32 Å². The summed E-state index contributed by atoms with van der Waals surface area (Å²) in [4.78, 5) is 0. The molecule has 9 heavy (non-hydrogen) atoms. The molecule has 2 atom stereocenters. The minimum Gasteiger partial charge on any atom is -0.341 e. The summed E-state index contributed by atoms with van der Waals surface area (Å²) < 4.78 is 0. The molecule has 2 bridgehead atoms. The van der Waals surface area contributed by atoms with Crippen LogP contribution in [0.5, 0.6) is 0 Å². The monoisotopic (exact) mass is 126 g/mol. The zero-order valence-corrected chi connectivity index (χ0v) is 5.97. The van der Waals surface area contributed by atoms with Gasteiger partial charge in [0, 0.05) is 12.8 Å². The molecular formula is C8H16N+. The predicted octanol–water partition coefficient (Wildman–Crippen LogP) is 0.655. The van der Waals surface area contributed by atoms with Crippen LogP contribution < -0.4 is 5.32 Å². The van der Waals surface area contributed by atoms with E-state index in [-0.39, 0.29) is 0 Å². The normalized spacial score (nSPS) is 42.7. The van der Waals surface area contributed by atoms with Crippen molar-refractivity contribution < 1.29 is 5.32 Å². The van der Waals surface area contributed by atoms with Gasteiger partial charge < -0.3 is 5.32 Å². The number of hydrogen-bond acceptors (Lipinski definition) is 0. The predicted molar refractivity (Wildman–Crippen MR) is 37.2 cm³/mol. The second-order valence-electron chi connectivity index (χ2n) is 3.57. The van der Waals surface area contributed by atoms with Crippen LogP contribution in [0.3, 0.4) is 0 Å². The number of hydrogen-bond donors (Lipinski definition) is 1. The first-order valence-electron chi connectivity index (χ1n) is 4.30. The van der Waals surface area contributed by atoms with Gasteiger partial charge in [-0.15, -0.1) is 0 Å². The van der Waals surface area contributed by atoms with Gasteiger partial charge in [-0.25, -0.2) is 0 Å². The van der Waals surface area contributed by atoms with Crippen molar-refractivity contribution in [2.24, 2.45) is 0 Å². The Morgan fingerprint density at radius 2 is 1.33 bits per heavy atom. The zero-order valence-electron chi connectivity index (χ0n) is 5.97. The Kier molecular flexibility index (Phi) is 1.46. The summed E-state index contributed by atoms with van der Waals surface area (Å²) in [5.41, 5.74) is 0. The third-order valence-electron chi connectivity index (χ3n) is 2.85. The number of rotatable bonds is 0. The third kappa shape index (κ3) is 1.11. The fraction of sp³-hybridized carbons (Fsp3) is 1.00.